The Morgan fingerprint density at radius 1 is 1.30 bits per heavy atom. The van der Waals surface area contributed by atoms with E-state index in [0.29, 0.717) is 0 Å². The van der Waals surface area contributed by atoms with Crippen LogP contribution < -0.4 is 5.32 Å². The van der Waals surface area contributed by atoms with Crippen molar-refractivity contribution in [1.82, 2.24) is 10.2 Å². The molecule has 1 saturated heterocycles. The van der Waals surface area contributed by atoms with E-state index < -0.39 is 0 Å². The van der Waals surface area contributed by atoms with Gasteiger partial charge in [-0.15, -0.1) is 0 Å². The largest absolute Gasteiger partial charge is 0.322 e. The molecule has 2 atom stereocenters. The highest BCUT2D eigenvalue weighted by atomic mass is 35.5. The van der Waals surface area contributed by atoms with Crippen LogP contribution in [0.15, 0.2) is 24.3 Å². The molecule has 1 aromatic carbocycles. The van der Waals surface area contributed by atoms with Gasteiger partial charge in [-0.2, -0.15) is 0 Å². The molecule has 1 aliphatic heterocycles. The van der Waals surface area contributed by atoms with Crippen LogP contribution in [0.5, 0.6) is 0 Å². The number of carbonyl (C=O) groups excluding carboxylic acids is 1. The molecule has 0 radical (unpaired) electrons. The molecule has 4 heteroatoms. The molecule has 1 saturated carbocycles. The molecular weight excluding hydrogens is 272 g/mol. The molecule has 20 heavy (non-hydrogen) atoms. The Morgan fingerprint density at radius 3 is 2.65 bits per heavy atom. The lowest BCUT2D eigenvalue weighted by Crippen LogP contribution is -2.31. The van der Waals surface area contributed by atoms with Gasteiger partial charge in [-0.1, -0.05) is 36.6 Å². The number of rotatable bonds is 5. The SMILES string of the molecule is CC1NC(c2ccc(Cl)cc2)N(CCCC2CC2)C1=O. The minimum Gasteiger partial charge on any atom is -0.322 e. The van der Waals surface area contributed by atoms with Crippen LogP contribution in [0.25, 0.3) is 0 Å². The maximum absolute atomic E-state index is 12.3. The zero-order valence-electron chi connectivity index (χ0n) is 11.8. The molecule has 2 aliphatic rings. The predicted octanol–water partition coefficient (Wildman–Crippen LogP) is 3.35. The van der Waals surface area contributed by atoms with Crippen molar-refractivity contribution < 1.29 is 4.79 Å². The van der Waals surface area contributed by atoms with Crippen molar-refractivity contribution in [2.75, 3.05) is 6.54 Å². The third kappa shape index (κ3) is 2.99. The summed E-state index contributed by atoms with van der Waals surface area (Å²) in [5.74, 6) is 1.13. The van der Waals surface area contributed by atoms with Gasteiger partial charge in [-0.3, -0.25) is 10.1 Å². The lowest BCUT2D eigenvalue weighted by molar-refractivity contribution is -0.129. The van der Waals surface area contributed by atoms with Crippen LogP contribution in [0.1, 0.15) is 44.3 Å². The standard InChI is InChI=1S/C16H21ClN2O/c1-11-16(20)19(10-2-3-12-4-5-12)15(18-11)13-6-8-14(17)9-7-13/h6-9,11-12,15,18H,2-5,10H2,1H3. The highest BCUT2D eigenvalue weighted by Crippen LogP contribution is 2.34. The van der Waals surface area contributed by atoms with Gasteiger partial charge >= 0.3 is 0 Å². The molecule has 0 bridgehead atoms. The second kappa shape index (κ2) is 5.74. The van der Waals surface area contributed by atoms with Crippen molar-refractivity contribution in [3.63, 3.8) is 0 Å². The number of hydrogen-bond acceptors (Lipinski definition) is 2. The van der Waals surface area contributed by atoms with Crippen LogP contribution in [-0.2, 0) is 4.79 Å². The summed E-state index contributed by atoms with van der Waals surface area (Å²) in [6, 6.07) is 7.66. The van der Waals surface area contributed by atoms with E-state index in [-0.39, 0.29) is 18.1 Å². The van der Waals surface area contributed by atoms with Crippen LogP contribution >= 0.6 is 11.6 Å². The summed E-state index contributed by atoms with van der Waals surface area (Å²) in [6.07, 6.45) is 5.11. The number of carbonyl (C=O) groups is 1. The van der Waals surface area contributed by atoms with E-state index in [4.69, 9.17) is 11.6 Å². The van der Waals surface area contributed by atoms with Gasteiger partial charge in [0, 0.05) is 11.6 Å². The number of hydrogen-bond donors (Lipinski definition) is 1. The number of benzene rings is 1. The molecule has 1 amide bonds. The van der Waals surface area contributed by atoms with E-state index in [2.05, 4.69) is 5.32 Å². The van der Waals surface area contributed by atoms with Crippen molar-refractivity contribution >= 4 is 17.5 Å². The number of halogens is 1. The summed E-state index contributed by atoms with van der Waals surface area (Å²) in [6.45, 7) is 2.78. The molecule has 1 aromatic rings. The van der Waals surface area contributed by atoms with Crippen LogP contribution in [-0.4, -0.2) is 23.4 Å². The van der Waals surface area contributed by atoms with Crippen molar-refractivity contribution in [3.8, 4) is 0 Å². The molecule has 2 unspecified atom stereocenters. The van der Waals surface area contributed by atoms with Crippen molar-refractivity contribution in [1.29, 1.82) is 0 Å². The molecule has 1 heterocycles. The van der Waals surface area contributed by atoms with Crippen LogP contribution in [0.2, 0.25) is 5.02 Å². The quantitative estimate of drug-likeness (QED) is 0.903. The van der Waals surface area contributed by atoms with E-state index in [1.165, 1.54) is 19.3 Å². The highest BCUT2D eigenvalue weighted by molar-refractivity contribution is 6.30. The van der Waals surface area contributed by atoms with E-state index >= 15 is 0 Å². The molecule has 3 rings (SSSR count). The van der Waals surface area contributed by atoms with E-state index in [1.807, 2.05) is 36.1 Å². The summed E-state index contributed by atoms with van der Waals surface area (Å²) in [7, 11) is 0. The first-order valence-corrected chi connectivity index (χ1v) is 7.85. The maximum atomic E-state index is 12.3. The minimum atomic E-state index is -0.100. The Labute approximate surface area is 125 Å². The first kappa shape index (κ1) is 13.9. The molecule has 0 aromatic heterocycles. The van der Waals surface area contributed by atoms with E-state index in [1.54, 1.807) is 0 Å². The molecule has 108 valence electrons. The van der Waals surface area contributed by atoms with Gasteiger partial charge in [-0.25, -0.2) is 0 Å². The Morgan fingerprint density at radius 2 is 2.00 bits per heavy atom. The molecule has 0 spiro atoms. The van der Waals surface area contributed by atoms with Crippen molar-refractivity contribution in [3.05, 3.63) is 34.9 Å². The van der Waals surface area contributed by atoms with Crippen LogP contribution in [0.4, 0.5) is 0 Å². The molecule has 1 aliphatic carbocycles. The fourth-order valence-corrected chi connectivity index (χ4v) is 3.02. The summed E-state index contributed by atoms with van der Waals surface area (Å²) in [5.41, 5.74) is 1.11. The average Bonchev–Trinajstić information content (AvgIpc) is 3.21. The van der Waals surface area contributed by atoms with E-state index in [0.717, 1.165) is 29.5 Å². The highest BCUT2D eigenvalue weighted by Gasteiger charge is 2.36. The Kier molecular flexibility index (Phi) is 3.99. The second-order valence-electron chi connectivity index (χ2n) is 5.96. The fraction of sp³-hybridized carbons (Fsp3) is 0.562. The maximum Gasteiger partial charge on any atom is 0.241 e. The number of amides is 1. The molecule has 1 N–H and O–H groups in total. The monoisotopic (exact) mass is 292 g/mol. The fourth-order valence-electron chi connectivity index (χ4n) is 2.89. The summed E-state index contributed by atoms with van der Waals surface area (Å²) >= 11 is 5.94. The zero-order chi connectivity index (χ0) is 14.1. The lowest BCUT2D eigenvalue weighted by Gasteiger charge is -2.24. The normalized spacial score (nSPS) is 26.3. The third-order valence-corrected chi connectivity index (χ3v) is 4.52. The summed E-state index contributed by atoms with van der Waals surface area (Å²) < 4.78 is 0. The first-order chi connectivity index (χ1) is 9.65. The van der Waals surface area contributed by atoms with Crippen LogP contribution in [0, 0.1) is 5.92 Å². The topological polar surface area (TPSA) is 32.3 Å². The second-order valence-corrected chi connectivity index (χ2v) is 6.40. The summed E-state index contributed by atoms with van der Waals surface area (Å²) in [4.78, 5) is 14.3. The number of nitrogens with zero attached hydrogens (tertiary/aromatic N) is 1. The van der Waals surface area contributed by atoms with Gasteiger partial charge in [0.15, 0.2) is 0 Å². The van der Waals surface area contributed by atoms with Gasteiger partial charge in [0.25, 0.3) is 0 Å². The van der Waals surface area contributed by atoms with Gasteiger partial charge in [0.05, 0.1) is 6.04 Å². The average molecular weight is 293 g/mol. The number of nitrogens with one attached hydrogen (secondary N) is 1. The smallest absolute Gasteiger partial charge is 0.241 e. The predicted molar refractivity (Wildman–Crippen MR) is 80.5 cm³/mol. The van der Waals surface area contributed by atoms with Crippen LogP contribution in [0.3, 0.4) is 0 Å². The third-order valence-electron chi connectivity index (χ3n) is 4.27. The molecule has 2 fully saturated rings. The summed E-state index contributed by atoms with van der Waals surface area (Å²) in [5, 5.41) is 4.10. The van der Waals surface area contributed by atoms with Gasteiger partial charge in [0.1, 0.15) is 6.17 Å². The van der Waals surface area contributed by atoms with E-state index in [9.17, 15) is 4.79 Å². The van der Waals surface area contributed by atoms with Gasteiger partial charge in [-0.05, 0) is 43.4 Å². The lowest BCUT2D eigenvalue weighted by atomic mass is 10.1. The first-order valence-electron chi connectivity index (χ1n) is 7.47. The molecule has 3 nitrogen and oxygen atoms in total. The zero-order valence-corrected chi connectivity index (χ0v) is 12.6. The van der Waals surface area contributed by atoms with Crippen molar-refractivity contribution in [2.24, 2.45) is 5.92 Å². The Balaban J connectivity index is 1.69. The Hall–Kier alpha value is -1.06. The van der Waals surface area contributed by atoms with Crippen molar-refractivity contribution in [2.45, 2.75) is 44.8 Å². The molecular formula is C16H21ClN2O. The Bertz CT molecular complexity index is 484. The van der Waals surface area contributed by atoms with Gasteiger partial charge < -0.3 is 4.90 Å². The minimum absolute atomic E-state index is 0.00558. The van der Waals surface area contributed by atoms with Gasteiger partial charge in [0.2, 0.25) is 5.91 Å².